The van der Waals surface area contributed by atoms with Gasteiger partial charge in [-0.2, -0.15) is 0 Å². The average molecular weight is 263 g/mol. The van der Waals surface area contributed by atoms with Gasteiger partial charge >= 0.3 is 0 Å². The van der Waals surface area contributed by atoms with Crippen molar-refractivity contribution in [1.82, 2.24) is 5.32 Å². The topological polar surface area (TPSA) is 21.3 Å². The zero-order valence-electron chi connectivity index (χ0n) is 13.1. The first kappa shape index (κ1) is 16.2. The maximum Gasteiger partial charge on any atom is 0.0730 e. The van der Waals surface area contributed by atoms with Gasteiger partial charge < -0.3 is 10.1 Å². The summed E-state index contributed by atoms with van der Waals surface area (Å²) in [6.45, 7) is 9.43. The molecule has 0 radical (unpaired) electrons. The van der Waals surface area contributed by atoms with E-state index in [1.165, 1.54) is 16.7 Å². The predicted octanol–water partition coefficient (Wildman–Crippen LogP) is 3.64. The van der Waals surface area contributed by atoms with Gasteiger partial charge in [0.25, 0.3) is 0 Å². The lowest BCUT2D eigenvalue weighted by atomic mass is 9.94. The Bertz CT molecular complexity index is 370. The Morgan fingerprint density at radius 1 is 1.21 bits per heavy atom. The summed E-state index contributed by atoms with van der Waals surface area (Å²) in [5.74, 6) is 0. The highest BCUT2D eigenvalue weighted by molar-refractivity contribution is 5.31. The van der Waals surface area contributed by atoms with E-state index in [1.807, 2.05) is 7.05 Å². The van der Waals surface area contributed by atoms with Gasteiger partial charge in [-0.05, 0) is 51.8 Å². The van der Waals surface area contributed by atoms with E-state index in [1.54, 1.807) is 0 Å². The predicted molar refractivity (Wildman–Crippen MR) is 82.8 cm³/mol. The zero-order valence-corrected chi connectivity index (χ0v) is 13.1. The highest BCUT2D eigenvalue weighted by atomic mass is 16.5. The third-order valence-corrected chi connectivity index (χ3v) is 3.72. The Kier molecular flexibility index (Phi) is 7.11. The van der Waals surface area contributed by atoms with Crippen molar-refractivity contribution >= 4 is 0 Å². The molecule has 1 rings (SSSR count). The van der Waals surface area contributed by atoms with Gasteiger partial charge in [-0.25, -0.2) is 0 Å². The Balaban J connectivity index is 2.81. The van der Waals surface area contributed by atoms with E-state index in [-0.39, 0.29) is 0 Å². The van der Waals surface area contributed by atoms with Gasteiger partial charge in [-0.3, -0.25) is 0 Å². The van der Waals surface area contributed by atoms with Crippen molar-refractivity contribution < 1.29 is 4.74 Å². The molecule has 0 fully saturated rings. The maximum absolute atomic E-state index is 5.92. The monoisotopic (exact) mass is 263 g/mol. The quantitative estimate of drug-likeness (QED) is 0.773. The van der Waals surface area contributed by atoms with Crippen molar-refractivity contribution in [2.24, 2.45) is 0 Å². The SMILES string of the molecule is CCCC(OCC)C(Cc1cc(C)ccc1C)NC. The van der Waals surface area contributed by atoms with Gasteiger partial charge in [0, 0.05) is 12.6 Å². The largest absolute Gasteiger partial charge is 0.377 e. The van der Waals surface area contributed by atoms with Crippen LogP contribution in [0.2, 0.25) is 0 Å². The highest BCUT2D eigenvalue weighted by Crippen LogP contribution is 2.17. The van der Waals surface area contributed by atoms with Gasteiger partial charge in [-0.15, -0.1) is 0 Å². The summed E-state index contributed by atoms with van der Waals surface area (Å²) in [4.78, 5) is 0. The van der Waals surface area contributed by atoms with Crippen molar-refractivity contribution in [2.75, 3.05) is 13.7 Å². The first-order valence-corrected chi connectivity index (χ1v) is 7.47. The minimum absolute atomic E-state index is 0.305. The van der Waals surface area contributed by atoms with E-state index < -0.39 is 0 Å². The minimum atomic E-state index is 0.305. The first-order chi connectivity index (χ1) is 9.12. The lowest BCUT2D eigenvalue weighted by molar-refractivity contribution is 0.0300. The molecule has 0 saturated carbocycles. The van der Waals surface area contributed by atoms with Crippen molar-refractivity contribution in [2.45, 2.75) is 59.1 Å². The second-order valence-corrected chi connectivity index (χ2v) is 5.31. The summed E-state index contributed by atoms with van der Waals surface area (Å²) in [5.41, 5.74) is 4.14. The number of likely N-dealkylation sites (N-methyl/N-ethyl adjacent to an activating group) is 1. The van der Waals surface area contributed by atoms with Gasteiger partial charge in [0.05, 0.1) is 6.10 Å². The number of rotatable bonds is 8. The molecule has 19 heavy (non-hydrogen) atoms. The van der Waals surface area contributed by atoms with Crippen LogP contribution in [0.25, 0.3) is 0 Å². The zero-order chi connectivity index (χ0) is 14.3. The van der Waals surface area contributed by atoms with Gasteiger partial charge in [0.1, 0.15) is 0 Å². The molecule has 2 atom stereocenters. The molecule has 0 bridgehead atoms. The van der Waals surface area contributed by atoms with Crippen LogP contribution in [0.1, 0.15) is 43.4 Å². The molecule has 0 spiro atoms. The lowest BCUT2D eigenvalue weighted by Gasteiger charge is -2.27. The molecule has 1 aromatic rings. The Labute approximate surface area is 118 Å². The molecule has 0 aromatic heterocycles. The second-order valence-electron chi connectivity index (χ2n) is 5.31. The fourth-order valence-corrected chi connectivity index (χ4v) is 2.58. The van der Waals surface area contributed by atoms with Crippen LogP contribution in [0.3, 0.4) is 0 Å². The third-order valence-electron chi connectivity index (χ3n) is 3.72. The average Bonchev–Trinajstić information content (AvgIpc) is 2.39. The Hall–Kier alpha value is -0.860. The smallest absolute Gasteiger partial charge is 0.0730 e. The van der Waals surface area contributed by atoms with Crippen LogP contribution in [0, 0.1) is 13.8 Å². The molecule has 0 aliphatic carbocycles. The van der Waals surface area contributed by atoms with Gasteiger partial charge in [0.15, 0.2) is 0 Å². The van der Waals surface area contributed by atoms with Crippen molar-refractivity contribution in [1.29, 1.82) is 0 Å². The number of nitrogens with one attached hydrogen (secondary N) is 1. The minimum Gasteiger partial charge on any atom is -0.377 e. The van der Waals surface area contributed by atoms with Crippen molar-refractivity contribution in [3.63, 3.8) is 0 Å². The molecule has 2 heteroatoms. The van der Waals surface area contributed by atoms with E-state index in [0.29, 0.717) is 12.1 Å². The highest BCUT2D eigenvalue weighted by Gasteiger charge is 2.20. The molecular weight excluding hydrogens is 234 g/mol. The summed E-state index contributed by atoms with van der Waals surface area (Å²) in [6, 6.07) is 7.08. The Morgan fingerprint density at radius 3 is 2.53 bits per heavy atom. The molecule has 0 aliphatic heterocycles. The molecule has 2 nitrogen and oxygen atoms in total. The van der Waals surface area contributed by atoms with Crippen LogP contribution in [0.5, 0.6) is 0 Å². The number of hydrogen-bond acceptors (Lipinski definition) is 2. The molecule has 0 heterocycles. The van der Waals surface area contributed by atoms with Crippen LogP contribution in [0.15, 0.2) is 18.2 Å². The summed E-state index contributed by atoms with van der Waals surface area (Å²) in [6.07, 6.45) is 3.62. The number of aryl methyl sites for hydroxylation is 2. The van der Waals surface area contributed by atoms with Crippen LogP contribution in [-0.2, 0) is 11.2 Å². The molecule has 1 N–H and O–H groups in total. The molecule has 2 unspecified atom stereocenters. The third kappa shape index (κ3) is 4.96. The number of hydrogen-bond donors (Lipinski definition) is 1. The van der Waals surface area contributed by atoms with E-state index in [4.69, 9.17) is 4.74 Å². The standard InChI is InChI=1S/C17H29NO/c1-6-8-17(19-7-2)16(18-5)12-15-11-13(3)9-10-14(15)4/h9-11,16-18H,6-8,12H2,1-5H3. The fourth-order valence-electron chi connectivity index (χ4n) is 2.58. The first-order valence-electron chi connectivity index (χ1n) is 7.47. The molecule has 0 aliphatic rings. The van der Waals surface area contributed by atoms with Crippen molar-refractivity contribution in [3.05, 3.63) is 34.9 Å². The number of benzene rings is 1. The van der Waals surface area contributed by atoms with Gasteiger partial charge in [-0.1, -0.05) is 37.1 Å². The van der Waals surface area contributed by atoms with E-state index >= 15 is 0 Å². The van der Waals surface area contributed by atoms with E-state index in [0.717, 1.165) is 25.9 Å². The van der Waals surface area contributed by atoms with Crippen molar-refractivity contribution in [3.8, 4) is 0 Å². The molecular formula is C17H29NO. The van der Waals surface area contributed by atoms with Gasteiger partial charge in [0.2, 0.25) is 0 Å². The summed E-state index contributed by atoms with van der Waals surface area (Å²) >= 11 is 0. The summed E-state index contributed by atoms with van der Waals surface area (Å²) in [5, 5.41) is 3.44. The molecule has 1 aromatic carbocycles. The fraction of sp³-hybridized carbons (Fsp3) is 0.647. The lowest BCUT2D eigenvalue weighted by Crippen LogP contribution is -2.41. The van der Waals surface area contributed by atoms with Crippen LogP contribution in [-0.4, -0.2) is 25.8 Å². The Morgan fingerprint density at radius 2 is 1.95 bits per heavy atom. The van der Waals surface area contributed by atoms with E-state index in [2.05, 4.69) is 51.2 Å². The normalized spacial score (nSPS) is 14.4. The molecule has 0 amide bonds. The number of ether oxygens (including phenoxy) is 1. The van der Waals surface area contributed by atoms with Crippen LogP contribution in [0.4, 0.5) is 0 Å². The van der Waals surface area contributed by atoms with Crippen LogP contribution >= 0.6 is 0 Å². The second kappa shape index (κ2) is 8.34. The molecule has 0 saturated heterocycles. The maximum atomic E-state index is 5.92. The summed E-state index contributed by atoms with van der Waals surface area (Å²) < 4.78 is 5.92. The van der Waals surface area contributed by atoms with Crippen LogP contribution < -0.4 is 5.32 Å². The molecule has 108 valence electrons. The van der Waals surface area contributed by atoms with E-state index in [9.17, 15) is 0 Å². The summed E-state index contributed by atoms with van der Waals surface area (Å²) in [7, 11) is 2.04.